The molecule has 0 bridgehead atoms. The summed E-state index contributed by atoms with van der Waals surface area (Å²) in [6.45, 7) is -0.378. The smallest absolute Gasteiger partial charge is 0.349 e. The number of rotatable bonds is 5. The summed E-state index contributed by atoms with van der Waals surface area (Å²) in [6, 6.07) is 10.2. The average Bonchev–Trinajstić information content (AvgIpc) is 2.48. The van der Waals surface area contributed by atoms with E-state index in [2.05, 4.69) is 0 Å². The molecule has 0 amide bonds. The molecule has 0 aliphatic heterocycles. The van der Waals surface area contributed by atoms with E-state index in [1.165, 1.54) is 12.1 Å². The molecule has 2 rings (SSSR count). The van der Waals surface area contributed by atoms with Gasteiger partial charge in [-0.1, -0.05) is 35.3 Å². The fourth-order valence-electron chi connectivity index (χ4n) is 1.54. The van der Waals surface area contributed by atoms with Gasteiger partial charge in [0.15, 0.2) is 6.61 Å². The minimum Gasteiger partial charge on any atom is -0.480 e. The zero-order valence-electron chi connectivity index (χ0n) is 11.0. The van der Waals surface area contributed by atoms with Gasteiger partial charge >= 0.3 is 5.97 Å². The minimum atomic E-state index is -0.712. The number of nitrogens with zero attached hydrogens (tertiary/aromatic N) is 1. The highest BCUT2D eigenvalue weighted by molar-refractivity contribution is 6.32. The molecular formula is C14H9Cl2NO5. The largest absolute Gasteiger partial charge is 0.480 e. The number of hydrogen-bond acceptors (Lipinski definition) is 5. The molecule has 114 valence electrons. The van der Waals surface area contributed by atoms with E-state index in [0.29, 0.717) is 10.8 Å². The van der Waals surface area contributed by atoms with Gasteiger partial charge < -0.3 is 9.47 Å². The first-order valence-electron chi connectivity index (χ1n) is 5.99. The standard InChI is InChI=1S/C14H9Cl2NO5/c15-10-3-1-2-4-12(10)21-8-14(18)22-13-6-5-9(17(19)20)7-11(13)16/h1-7H,8H2. The number of carbonyl (C=O) groups is 1. The van der Waals surface area contributed by atoms with Crippen LogP contribution in [0.4, 0.5) is 5.69 Å². The van der Waals surface area contributed by atoms with Gasteiger partial charge in [0, 0.05) is 12.1 Å². The molecule has 0 aliphatic rings. The van der Waals surface area contributed by atoms with Crippen LogP contribution in [-0.4, -0.2) is 17.5 Å². The van der Waals surface area contributed by atoms with Gasteiger partial charge in [-0.25, -0.2) is 4.79 Å². The zero-order valence-corrected chi connectivity index (χ0v) is 12.5. The number of halogens is 2. The Morgan fingerprint density at radius 1 is 1.09 bits per heavy atom. The summed E-state index contributed by atoms with van der Waals surface area (Å²) >= 11 is 11.7. The van der Waals surface area contributed by atoms with Crippen molar-refractivity contribution in [1.29, 1.82) is 0 Å². The zero-order chi connectivity index (χ0) is 16.1. The van der Waals surface area contributed by atoms with Crippen LogP contribution < -0.4 is 9.47 Å². The van der Waals surface area contributed by atoms with Crippen LogP contribution in [-0.2, 0) is 4.79 Å². The molecular weight excluding hydrogens is 333 g/mol. The Morgan fingerprint density at radius 2 is 1.82 bits per heavy atom. The summed E-state index contributed by atoms with van der Waals surface area (Å²) in [5.41, 5.74) is -0.197. The first kappa shape index (κ1) is 16.1. The molecule has 0 atom stereocenters. The van der Waals surface area contributed by atoms with Gasteiger partial charge in [-0.05, 0) is 18.2 Å². The molecule has 0 aromatic heterocycles. The Hall–Kier alpha value is -2.31. The van der Waals surface area contributed by atoms with Crippen LogP contribution in [0, 0.1) is 10.1 Å². The monoisotopic (exact) mass is 341 g/mol. The highest BCUT2D eigenvalue weighted by Crippen LogP contribution is 2.29. The van der Waals surface area contributed by atoms with Crippen molar-refractivity contribution in [2.45, 2.75) is 0 Å². The summed E-state index contributed by atoms with van der Waals surface area (Å²) in [6.07, 6.45) is 0. The van der Waals surface area contributed by atoms with E-state index in [1.807, 2.05) is 0 Å². The van der Waals surface area contributed by atoms with Crippen LogP contribution in [0.3, 0.4) is 0 Å². The third-order valence-electron chi connectivity index (χ3n) is 2.53. The van der Waals surface area contributed by atoms with E-state index in [1.54, 1.807) is 24.3 Å². The van der Waals surface area contributed by atoms with Gasteiger partial charge in [0.2, 0.25) is 0 Å². The van der Waals surface area contributed by atoms with Crippen molar-refractivity contribution in [3.05, 3.63) is 62.6 Å². The van der Waals surface area contributed by atoms with Crippen molar-refractivity contribution in [1.82, 2.24) is 0 Å². The molecule has 0 saturated carbocycles. The highest BCUT2D eigenvalue weighted by atomic mass is 35.5. The summed E-state index contributed by atoms with van der Waals surface area (Å²) in [7, 11) is 0. The number of hydrogen-bond donors (Lipinski definition) is 0. The molecule has 0 spiro atoms. The predicted octanol–water partition coefficient (Wildman–Crippen LogP) is 3.89. The van der Waals surface area contributed by atoms with Gasteiger partial charge in [0.1, 0.15) is 11.5 Å². The average molecular weight is 342 g/mol. The topological polar surface area (TPSA) is 78.7 Å². The Bertz CT molecular complexity index is 720. The quantitative estimate of drug-likeness (QED) is 0.357. The van der Waals surface area contributed by atoms with Crippen molar-refractivity contribution in [3.8, 4) is 11.5 Å². The molecule has 0 aliphatic carbocycles. The first-order chi connectivity index (χ1) is 10.5. The second-order valence-electron chi connectivity index (χ2n) is 4.07. The second kappa shape index (κ2) is 7.11. The number of nitro benzene ring substituents is 1. The minimum absolute atomic E-state index is 0.0139. The molecule has 2 aromatic carbocycles. The van der Waals surface area contributed by atoms with E-state index < -0.39 is 10.9 Å². The summed E-state index contributed by atoms with van der Waals surface area (Å²) in [4.78, 5) is 21.7. The molecule has 0 unspecified atom stereocenters. The summed E-state index contributed by atoms with van der Waals surface area (Å²) < 4.78 is 10.2. The van der Waals surface area contributed by atoms with Crippen molar-refractivity contribution in [2.24, 2.45) is 0 Å². The Kier molecular flexibility index (Phi) is 5.19. The first-order valence-corrected chi connectivity index (χ1v) is 6.75. The number of esters is 1. The predicted molar refractivity (Wildman–Crippen MR) is 80.7 cm³/mol. The number of nitro groups is 1. The van der Waals surface area contributed by atoms with Crippen LogP contribution in [0.2, 0.25) is 10.0 Å². The number of ether oxygens (including phenoxy) is 2. The van der Waals surface area contributed by atoms with Crippen molar-refractivity contribution in [2.75, 3.05) is 6.61 Å². The van der Waals surface area contributed by atoms with Crippen molar-refractivity contribution < 1.29 is 19.2 Å². The molecule has 0 radical (unpaired) electrons. The van der Waals surface area contributed by atoms with Crippen molar-refractivity contribution >= 4 is 34.9 Å². The Labute approximate surface area is 135 Å². The normalized spacial score (nSPS) is 10.1. The molecule has 0 saturated heterocycles. The van der Waals surface area contributed by atoms with E-state index >= 15 is 0 Å². The molecule has 0 heterocycles. The van der Waals surface area contributed by atoms with Crippen LogP contribution in [0.1, 0.15) is 0 Å². The van der Waals surface area contributed by atoms with Crippen LogP contribution in [0.15, 0.2) is 42.5 Å². The molecule has 22 heavy (non-hydrogen) atoms. The van der Waals surface area contributed by atoms with Crippen LogP contribution in [0.5, 0.6) is 11.5 Å². The number of benzene rings is 2. The van der Waals surface area contributed by atoms with E-state index in [-0.39, 0.29) is 23.1 Å². The third kappa shape index (κ3) is 4.09. The number of carbonyl (C=O) groups excluding carboxylic acids is 1. The maximum absolute atomic E-state index is 11.7. The fourth-order valence-corrected chi connectivity index (χ4v) is 1.94. The number of non-ortho nitro benzene ring substituents is 1. The molecule has 0 fully saturated rings. The van der Waals surface area contributed by atoms with Crippen LogP contribution in [0.25, 0.3) is 0 Å². The molecule has 0 N–H and O–H groups in total. The van der Waals surface area contributed by atoms with Gasteiger partial charge in [-0.2, -0.15) is 0 Å². The van der Waals surface area contributed by atoms with Gasteiger partial charge in [0.05, 0.1) is 15.0 Å². The van der Waals surface area contributed by atoms with Crippen molar-refractivity contribution in [3.63, 3.8) is 0 Å². The molecule has 6 nitrogen and oxygen atoms in total. The second-order valence-corrected chi connectivity index (χ2v) is 4.88. The van der Waals surface area contributed by atoms with E-state index in [4.69, 9.17) is 32.7 Å². The Morgan fingerprint density at radius 3 is 2.45 bits per heavy atom. The lowest BCUT2D eigenvalue weighted by molar-refractivity contribution is -0.384. The van der Waals surface area contributed by atoms with E-state index in [0.717, 1.165) is 6.07 Å². The summed E-state index contributed by atoms with van der Waals surface area (Å²) in [5, 5.41) is 10.9. The number of para-hydroxylation sites is 1. The lowest BCUT2D eigenvalue weighted by Gasteiger charge is -2.08. The van der Waals surface area contributed by atoms with Gasteiger partial charge in [-0.15, -0.1) is 0 Å². The molecule has 8 heteroatoms. The molecule has 2 aromatic rings. The van der Waals surface area contributed by atoms with E-state index in [9.17, 15) is 14.9 Å². The summed E-state index contributed by atoms with van der Waals surface area (Å²) in [5.74, 6) is -0.355. The maximum Gasteiger partial charge on any atom is 0.349 e. The fraction of sp³-hybridized carbons (Fsp3) is 0.0714. The maximum atomic E-state index is 11.7. The Balaban J connectivity index is 1.98. The SMILES string of the molecule is O=C(COc1ccccc1Cl)Oc1ccc([N+](=O)[O-])cc1Cl. The van der Waals surface area contributed by atoms with Crippen LogP contribution >= 0.6 is 23.2 Å². The van der Waals surface area contributed by atoms with Gasteiger partial charge in [-0.3, -0.25) is 10.1 Å². The lowest BCUT2D eigenvalue weighted by atomic mass is 10.3. The third-order valence-corrected chi connectivity index (χ3v) is 3.14. The lowest BCUT2D eigenvalue weighted by Crippen LogP contribution is -2.18. The van der Waals surface area contributed by atoms with Gasteiger partial charge in [0.25, 0.3) is 5.69 Å². The highest BCUT2D eigenvalue weighted by Gasteiger charge is 2.14.